The lowest BCUT2D eigenvalue weighted by atomic mass is 9.75. The van der Waals surface area contributed by atoms with E-state index in [-0.39, 0.29) is 12.2 Å². The molecule has 0 aliphatic heterocycles. The summed E-state index contributed by atoms with van der Waals surface area (Å²) in [6, 6.07) is 28.0. The average Bonchev–Trinajstić information content (AvgIpc) is 2.75. The van der Waals surface area contributed by atoms with Gasteiger partial charge in [0.15, 0.2) is 5.78 Å². The number of rotatable bonds is 7. The van der Waals surface area contributed by atoms with Crippen molar-refractivity contribution < 1.29 is 14.8 Å². The van der Waals surface area contributed by atoms with Crippen LogP contribution in [0.4, 0.5) is 0 Å². The SMILES string of the molecule is O=C(CC(c1ccccc1)C(C(=O)c1ccccc1)c1ccccc1)NO. The molecule has 0 saturated heterocycles. The fourth-order valence-corrected chi connectivity index (χ4v) is 3.38. The summed E-state index contributed by atoms with van der Waals surface area (Å²) in [5.74, 6) is -1.53. The molecule has 0 radical (unpaired) electrons. The maximum Gasteiger partial charge on any atom is 0.243 e. The maximum absolute atomic E-state index is 13.4. The lowest BCUT2D eigenvalue weighted by Crippen LogP contribution is -2.27. The van der Waals surface area contributed by atoms with E-state index in [1.807, 2.05) is 78.9 Å². The minimum atomic E-state index is -0.548. The molecule has 4 nitrogen and oxygen atoms in total. The number of carbonyl (C=O) groups is 2. The molecule has 0 aliphatic rings. The molecule has 3 aromatic rings. The van der Waals surface area contributed by atoms with Gasteiger partial charge in [-0.1, -0.05) is 91.0 Å². The van der Waals surface area contributed by atoms with Crippen LogP contribution in [0, 0.1) is 0 Å². The van der Waals surface area contributed by atoms with Gasteiger partial charge in [-0.25, -0.2) is 5.48 Å². The lowest BCUT2D eigenvalue weighted by Gasteiger charge is -2.27. The molecular formula is C23H21NO3. The number of ketones is 1. The van der Waals surface area contributed by atoms with Gasteiger partial charge in [0.25, 0.3) is 0 Å². The fourth-order valence-electron chi connectivity index (χ4n) is 3.38. The molecule has 136 valence electrons. The average molecular weight is 359 g/mol. The maximum atomic E-state index is 13.4. The van der Waals surface area contributed by atoms with Gasteiger partial charge >= 0.3 is 0 Å². The number of carbonyl (C=O) groups excluding carboxylic acids is 2. The fraction of sp³-hybridized carbons (Fsp3) is 0.130. The first-order valence-corrected chi connectivity index (χ1v) is 8.83. The van der Waals surface area contributed by atoms with E-state index in [0.29, 0.717) is 5.56 Å². The Balaban J connectivity index is 2.10. The van der Waals surface area contributed by atoms with Gasteiger partial charge in [0, 0.05) is 17.9 Å². The molecule has 3 aromatic carbocycles. The summed E-state index contributed by atoms with van der Waals surface area (Å²) in [4.78, 5) is 25.5. The van der Waals surface area contributed by atoms with Gasteiger partial charge in [-0.15, -0.1) is 0 Å². The smallest absolute Gasteiger partial charge is 0.243 e. The van der Waals surface area contributed by atoms with Crippen molar-refractivity contribution in [1.29, 1.82) is 0 Å². The van der Waals surface area contributed by atoms with Crippen molar-refractivity contribution in [3.8, 4) is 0 Å². The summed E-state index contributed by atoms with van der Waals surface area (Å²) in [5.41, 5.74) is 4.01. The molecule has 3 rings (SSSR count). The highest BCUT2D eigenvalue weighted by Crippen LogP contribution is 2.38. The molecular weight excluding hydrogens is 338 g/mol. The zero-order valence-corrected chi connectivity index (χ0v) is 14.8. The number of benzene rings is 3. The third kappa shape index (κ3) is 4.49. The van der Waals surface area contributed by atoms with Crippen LogP contribution in [0.25, 0.3) is 0 Å². The zero-order chi connectivity index (χ0) is 19.1. The first-order valence-electron chi connectivity index (χ1n) is 8.83. The molecule has 0 aliphatic carbocycles. The van der Waals surface area contributed by atoms with E-state index < -0.39 is 17.7 Å². The zero-order valence-electron chi connectivity index (χ0n) is 14.8. The van der Waals surface area contributed by atoms with Crippen molar-refractivity contribution in [3.05, 3.63) is 108 Å². The summed E-state index contributed by atoms with van der Waals surface area (Å²) in [7, 11) is 0. The normalized spacial score (nSPS) is 12.8. The van der Waals surface area contributed by atoms with Gasteiger partial charge < -0.3 is 0 Å². The minimum Gasteiger partial charge on any atom is -0.293 e. The highest BCUT2D eigenvalue weighted by molar-refractivity contribution is 6.02. The molecule has 2 atom stereocenters. The molecule has 0 bridgehead atoms. The first-order chi connectivity index (χ1) is 13.2. The second kappa shape index (κ2) is 8.92. The monoisotopic (exact) mass is 359 g/mol. The van der Waals surface area contributed by atoms with Crippen molar-refractivity contribution in [2.75, 3.05) is 0 Å². The summed E-state index contributed by atoms with van der Waals surface area (Å²) in [5, 5.41) is 9.05. The molecule has 2 unspecified atom stereocenters. The van der Waals surface area contributed by atoms with E-state index in [1.165, 1.54) is 0 Å². The highest BCUT2D eigenvalue weighted by Gasteiger charge is 2.33. The highest BCUT2D eigenvalue weighted by atomic mass is 16.5. The van der Waals surface area contributed by atoms with E-state index in [9.17, 15) is 9.59 Å². The van der Waals surface area contributed by atoms with Gasteiger partial charge in [-0.2, -0.15) is 0 Å². The van der Waals surface area contributed by atoms with E-state index in [2.05, 4.69) is 0 Å². The molecule has 0 aromatic heterocycles. The molecule has 27 heavy (non-hydrogen) atoms. The predicted octanol–water partition coefficient (Wildman–Crippen LogP) is 4.33. The van der Waals surface area contributed by atoms with Gasteiger partial charge in [0.1, 0.15) is 0 Å². The van der Waals surface area contributed by atoms with Crippen LogP contribution in [0.3, 0.4) is 0 Å². The Labute approximate surface area is 158 Å². The van der Waals surface area contributed by atoms with Crippen molar-refractivity contribution in [1.82, 2.24) is 5.48 Å². The van der Waals surface area contributed by atoms with Crippen LogP contribution in [0.1, 0.15) is 39.7 Å². The summed E-state index contributed by atoms with van der Waals surface area (Å²) >= 11 is 0. The van der Waals surface area contributed by atoms with E-state index in [0.717, 1.165) is 11.1 Å². The quantitative estimate of drug-likeness (QED) is 0.375. The van der Waals surface area contributed by atoms with Crippen molar-refractivity contribution in [2.45, 2.75) is 18.3 Å². The summed E-state index contributed by atoms with van der Waals surface area (Å²) in [6.45, 7) is 0. The third-order valence-electron chi connectivity index (χ3n) is 4.66. The van der Waals surface area contributed by atoms with Crippen LogP contribution in [0.2, 0.25) is 0 Å². The van der Waals surface area contributed by atoms with Crippen LogP contribution in [-0.4, -0.2) is 16.9 Å². The van der Waals surface area contributed by atoms with Crippen molar-refractivity contribution in [3.63, 3.8) is 0 Å². The van der Waals surface area contributed by atoms with Gasteiger partial charge in [-0.05, 0) is 11.1 Å². The van der Waals surface area contributed by atoms with Crippen molar-refractivity contribution in [2.24, 2.45) is 0 Å². The standard InChI is InChI=1S/C23H21NO3/c25-21(24-27)16-20(17-10-4-1-5-11-17)22(18-12-6-2-7-13-18)23(26)19-14-8-3-9-15-19/h1-15,20,22,27H,16H2,(H,24,25). The Bertz CT molecular complexity index is 879. The molecule has 0 saturated carbocycles. The Kier molecular flexibility index (Phi) is 6.13. The Morgan fingerprint density at radius 1 is 0.741 bits per heavy atom. The summed E-state index contributed by atoms with van der Waals surface area (Å²) < 4.78 is 0. The Morgan fingerprint density at radius 2 is 1.22 bits per heavy atom. The predicted molar refractivity (Wildman–Crippen MR) is 104 cm³/mol. The minimum absolute atomic E-state index is 0.00134. The number of nitrogens with one attached hydrogen (secondary N) is 1. The van der Waals surface area contributed by atoms with E-state index in [1.54, 1.807) is 17.6 Å². The van der Waals surface area contributed by atoms with Gasteiger partial charge in [0.05, 0.1) is 5.92 Å². The second-order valence-electron chi connectivity index (χ2n) is 6.37. The number of hydrogen-bond acceptors (Lipinski definition) is 3. The topological polar surface area (TPSA) is 66.4 Å². The molecule has 0 fully saturated rings. The van der Waals surface area contributed by atoms with E-state index in [4.69, 9.17) is 5.21 Å². The number of hydroxylamine groups is 1. The van der Waals surface area contributed by atoms with Gasteiger partial charge in [0.2, 0.25) is 5.91 Å². The van der Waals surface area contributed by atoms with Crippen LogP contribution in [-0.2, 0) is 4.79 Å². The number of hydrogen-bond donors (Lipinski definition) is 2. The van der Waals surface area contributed by atoms with E-state index >= 15 is 0 Å². The molecule has 0 heterocycles. The van der Waals surface area contributed by atoms with Crippen LogP contribution in [0.5, 0.6) is 0 Å². The Morgan fingerprint density at radius 3 is 1.74 bits per heavy atom. The van der Waals surface area contributed by atoms with Crippen molar-refractivity contribution >= 4 is 11.7 Å². The largest absolute Gasteiger partial charge is 0.293 e. The van der Waals surface area contributed by atoms with Crippen LogP contribution >= 0.6 is 0 Å². The van der Waals surface area contributed by atoms with Gasteiger partial charge in [-0.3, -0.25) is 14.8 Å². The van der Waals surface area contributed by atoms with Crippen LogP contribution < -0.4 is 5.48 Å². The number of amides is 1. The lowest BCUT2D eigenvalue weighted by molar-refractivity contribution is -0.129. The molecule has 0 spiro atoms. The third-order valence-corrected chi connectivity index (χ3v) is 4.66. The molecule has 1 amide bonds. The van der Waals surface area contributed by atoms with Crippen LogP contribution in [0.15, 0.2) is 91.0 Å². The molecule has 4 heteroatoms. The first kappa shape index (κ1) is 18.5. The second-order valence-corrected chi connectivity index (χ2v) is 6.37. The molecule has 2 N–H and O–H groups in total. The Hall–Kier alpha value is -3.24. The number of Topliss-reactive ketones (excluding diaryl/α,β-unsaturated/α-hetero) is 1. The summed E-state index contributed by atoms with van der Waals surface area (Å²) in [6.07, 6.45) is -0.00134.